The summed E-state index contributed by atoms with van der Waals surface area (Å²) in [6, 6.07) is 1.76. The molecule has 0 spiro atoms. The SMILES string of the molecule is CN(CCC1CCCN1)C1CC1. The summed E-state index contributed by atoms with van der Waals surface area (Å²) in [5, 5.41) is 3.54. The number of hydrogen-bond acceptors (Lipinski definition) is 2. The van der Waals surface area contributed by atoms with Gasteiger partial charge >= 0.3 is 0 Å². The van der Waals surface area contributed by atoms with Crippen molar-refractivity contribution in [2.45, 2.75) is 44.2 Å². The molecule has 2 fully saturated rings. The summed E-state index contributed by atoms with van der Waals surface area (Å²) in [6.07, 6.45) is 7.02. The van der Waals surface area contributed by atoms with Gasteiger partial charge in [-0.2, -0.15) is 0 Å². The molecular formula is C10H20N2. The van der Waals surface area contributed by atoms with E-state index in [1.807, 2.05) is 0 Å². The van der Waals surface area contributed by atoms with Gasteiger partial charge in [-0.15, -0.1) is 0 Å². The highest BCUT2D eigenvalue weighted by atomic mass is 15.2. The van der Waals surface area contributed by atoms with Crippen molar-refractivity contribution in [3.63, 3.8) is 0 Å². The van der Waals surface area contributed by atoms with Gasteiger partial charge in [0.15, 0.2) is 0 Å². The highest BCUT2D eigenvalue weighted by Crippen LogP contribution is 2.25. The van der Waals surface area contributed by atoms with Gasteiger partial charge in [-0.05, 0) is 52.2 Å². The second kappa shape index (κ2) is 3.75. The van der Waals surface area contributed by atoms with E-state index in [-0.39, 0.29) is 0 Å². The van der Waals surface area contributed by atoms with Crippen LogP contribution in [0.3, 0.4) is 0 Å². The van der Waals surface area contributed by atoms with E-state index in [4.69, 9.17) is 0 Å². The average Bonchev–Trinajstić information content (AvgIpc) is 2.80. The normalized spacial score (nSPS) is 30.0. The molecule has 0 radical (unpaired) electrons. The van der Waals surface area contributed by atoms with Crippen LogP contribution in [0.5, 0.6) is 0 Å². The van der Waals surface area contributed by atoms with Crippen LogP contribution in [0.25, 0.3) is 0 Å². The summed E-state index contributed by atoms with van der Waals surface area (Å²) in [6.45, 7) is 2.54. The van der Waals surface area contributed by atoms with E-state index >= 15 is 0 Å². The third kappa shape index (κ3) is 2.20. The maximum absolute atomic E-state index is 3.54. The lowest BCUT2D eigenvalue weighted by atomic mass is 10.1. The van der Waals surface area contributed by atoms with Gasteiger partial charge in [0, 0.05) is 12.1 Å². The zero-order valence-corrected chi connectivity index (χ0v) is 8.05. The number of rotatable bonds is 4. The average molecular weight is 168 g/mol. The van der Waals surface area contributed by atoms with Crippen molar-refractivity contribution in [2.75, 3.05) is 20.1 Å². The molecule has 0 aromatic heterocycles. The van der Waals surface area contributed by atoms with E-state index in [0.29, 0.717) is 0 Å². The molecule has 1 N–H and O–H groups in total. The van der Waals surface area contributed by atoms with Crippen LogP contribution in [0.15, 0.2) is 0 Å². The number of hydrogen-bond donors (Lipinski definition) is 1. The second-order valence-corrected chi connectivity index (χ2v) is 4.29. The molecular weight excluding hydrogens is 148 g/mol. The van der Waals surface area contributed by atoms with Gasteiger partial charge in [0.25, 0.3) is 0 Å². The third-order valence-corrected chi connectivity index (χ3v) is 3.16. The Morgan fingerprint density at radius 3 is 2.75 bits per heavy atom. The predicted octanol–water partition coefficient (Wildman–Crippen LogP) is 1.22. The van der Waals surface area contributed by atoms with Crippen LogP contribution in [-0.2, 0) is 0 Å². The molecule has 1 saturated heterocycles. The van der Waals surface area contributed by atoms with Crippen LogP contribution in [0, 0.1) is 0 Å². The zero-order chi connectivity index (χ0) is 8.39. The van der Waals surface area contributed by atoms with Gasteiger partial charge in [0.1, 0.15) is 0 Å². The summed E-state index contributed by atoms with van der Waals surface area (Å²) in [7, 11) is 2.27. The van der Waals surface area contributed by atoms with Gasteiger partial charge in [-0.1, -0.05) is 0 Å². The fourth-order valence-corrected chi connectivity index (χ4v) is 2.06. The summed E-state index contributed by atoms with van der Waals surface area (Å²) in [5.41, 5.74) is 0. The van der Waals surface area contributed by atoms with E-state index in [9.17, 15) is 0 Å². The molecule has 2 heteroatoms. The fraction of sp³-hybridized carbons (Fsp3) is 1.00. The van der Waals surface area contributed by atoms with Gasteiger partial charge in [-0.3, -0.25) is 0 Å². The molecule has 1 aliphatic carbocycles. The predicted molar refractivity (Wildman–Crippen MR) is 51.3 cm³/mol. The lowest BCUT2D eigenvalue weighted by molar-refractivity contribution is 0.303. The van der Waals surface area contributed by atoms with E-state index in [1.165, 1.54) is 45.2 Å². The van der Waals surface area contributed by atoms with E-state index in [0.717, 1.165) is 12.1 Å². The summed E-state index contributed by atoms with van der Waals surface area (Å²) in [4.78, 5) is 2.53. The lowest BCUT2D eigenvalue weighted by Crippen LogP contribution is -2.29. The zero-order valence-electron chi connectivity index (χ0n) is 8.05. The van der Waals surface area contributed by atoms with Crippen LogP contribution in [0.4, 0.5) is 0 Å². The Hall–Kier alpha value is -0.0800. The maximum atomic E-state index is 3.54. The molecule has 1 unspecified atom stereocenters. The van der Waals surface area contributed by atoms with Crippen LogP contribution in [-0.4, -0.2) is 37.1 Å². The minimum Gasteiger partial charge on any atom is -0.314 e. The summed E-state index contributed by atoms with van der Waals surface area (Å²) in [5.74, 6) is 0. The van der Waals surface area contributed by atoms with Crippen molar-refractivity contribution in [2.24, 2.45) is 0 Å². The summed E-state index contributed by atoms with van der Waals surface area (Å²) >= 11 is 0. The largest absolute Gasteiger partial charge is 0.314 e. The highest BCUT2D eigenvalue weighted by Gasteiger charge is 2.26. The third-order valence-electron chi connectivity index (χ3n) is 3.16. The Balaban J connectivity index is 1.60. The van der Waals surface area contributed by atoms with Crippen molar-refractivity contribution in [3.8, 4) is 0 Å². The smallest absolute Gasteiger partial charge is 0.00933 e. The molecule has 0 aromatic rings. The van der Waals surface area contributed by atoms with Crippen LogP contribution in [0.2, 0.25) is 0 Å². The molecule has 2 rings (SSSR count). The molecule has 1 atom stereocenters. The van der Waals surface area contributed by atoms with Crippen molar-refractivity contribution in [3.05, 3.63) is 0 Å². The van der Waals surface area contributed by atoms with Crippen molar-refractivity contribution in [1.82, 2.24) is 10.2 Å². The molecule has 1 aliphatic heterocycles. The second-order valence-electron chi connectivity index (χ2n) is 4.29. The molecule has 0 aromatic carbocycles. The summed E-state index contributed by atoms with van der Waals surface area (Å²) < 4.78 is 0. The molecule has 70 valence electrons. The topological polar surface area (TPSA) is 15.3 Å². The quantitative estimate of drug-likeness (QED) is 0.679. The fourth-order valence-electron chi connectivity index (χ4n) is 2.06. The van der Waals surface area contributed by atoms with E-state index in [1.54, 1.807) is 0 Å². The molecule has 0 bridgehead atoms. The number of nitrogens with one attached hydrogen (secondary N) is 1. The first-order valence-electron chi connectivity index (χ1n) is 5.30. The van der Waals surface area contributed by atoms with Crippen molar-refractivity contribution < 1.29 is 0 Å². The van der Waals surface area contributed by atoms with E-state index in [2.05, 4.69) is 17.3 Å². The van der Waals surface area contributed by atoms with Crippen LogP contribution >= 0.6 is 0 Å². The Bertz CT molecular complexity index is 135. The lowest BCUT2D eigenvalue weighted by Gasteiger charge is -2.18. The Morgan fingerprint density at radius 1 is 1.33 bits per heavy atom. The Labute approximate surface area is 75.3 Å². The van der Waals surface area contributed by atoms with Crippen LogP contribution < -0.4 is 5.32 Å². The standard InChI is InChI=1S/C10H20N2/c1-12(10-4-5-10)8-6-9-3-2-7-11-9/h9-11H,2-8H2,1H3. The minimum atomic E-state index is 0.825. The maximum Gasteiger partial charge on any atom is 0.00933 e. The Kier molecular flexibility index (Phi) is 2.66. The molecule has 1 heterocycles. The van der Waals surface area contributed by atoms with Gasteiger partial charge in [0.2, 0.25) is 0 Å². The molecule has 0 amide bonds. The molecule has 2 aliphatic rings. The monoisotopic (exact) mass is 168 g/mol. The van der Waals surface area contributed by atoms with E-state index < -0.39 is 0 Å². The highest BCUT2D eigenvalue weighted by molar-refractivity contribution is 4.83. The minimum absolute atomic E-state index is 0.825. The molecule has 2 nitrogen and oxygen atoms in total. The van der Waals surface area contributed by atoms with Crippen molar-refractivity contribution in [1.29, 1.82) is 0 Å². The number of nitrogens with zero attached hydrogens (tertiary/aromatic N) is 1. The van der Waals surface area contributed by atoms with Gasteiger partial charge < -0.3 is 10.2 Å². The first kappa shape index (κ1) is 8.52. The molecule has 12 heavy (non-hydrogen) atoms. The van der Waals surface area contributed by atoms with Gasteiger partial charge in [-0.25, -0.2) is 0 Å². The van der Waals surface area contributed by atoms with Crippen LogP contribution in [0.1, 0.15) is 32.1 Å². The van der Waals surface area contributed by atoms with Gasteiger partial charge in [0.05, 0.1) is 0 Å². The Morgan fingerprint density at radius 2 is 2.17 bits per heavy atom. The first-order chi connectivity index (χ1) is 5.86. The first-order valence-corrected chi connectivity index (χ1v) is 5.30. The van der Waals surface area contributed by atoms with Crippen molar-refractivity contribution >= 4 is 0 Å². The molecule has 1 saturated carbocycles.